The number of carbonyl (C=O) groups is 1. The summed E-state index contributed by atoms with van der Waals surface area (Å²) in [7, 11) is -4.00. The monoisotopic (exact) mass is 423 g/mol. The van der Waals surface area contributed by atoms with Gasteiger partial charge >= 0.3 is 0 Å². The van der Waals surface area contributed by atoms with E-state index >= 15 is 0 Å². The number of amides is 1. The number of hydrogen-bond donors (Lipinski definition) is 2. The van der Waals surface area contributed by atoms with Gasteiger partial charge in [0.15, 0.2) is 0 Å². The molecule has 2 heterocycles. The van der Waals surface area contributed by atoms with Gasteiger partial charge in [0, 0.05) is 25.3 Å². The van der Waals surface area contributed by atoms with E-state index in [4.69, 9.17) is 15.2 Å². The second-order valence-corrected chi connectivity index (χ2v) is 8.12. The summed E-state index contributed by atoms with van der Waals surface area (Å²) in [6.07, 6.45) is 0.423. The molecule has 0 bridgehead atoms. The molecule has 8 nitrogen and oxygen atoms in total. The Morgan fingerprint density at radius 1 is 1.30 bits per heavy atom. The summed E-state index contributed by atoms with van der Waals surface area (Å²) in [5.41, 5.74) is 5.72. The van der Waals surface area contributed by atoms with Crippen molar-refractivity contribution in [3.05, 3.63) is 24.0 Å². The highest BCUT2D eigenvalue weighted by molar-refractivity contribution is 7.89. The molecule has 0 aliphatic carbocycles. The van der Waals surface area contributed by atoms with Gasteiger partial charge in [-0.15, -0.1) is 12.4 Å². The smallest absolute Gasteiger partial charge is 0.253 e. The Labute approximate surface area is 163 Å². The van der Waals surface area contributed by atoms with Crippen LogP contribution in [0.15, 0.2) is 23.1 Å². The van der Waals surface area contributed by atoms with Crippen LogP contribution in [0.4, 0.5) is 10.1 Å². The maximum absolute atomic E-state index is 14.2. The number of hydrogen-bond acceptors (Lipinski definition) is 6. The number of morpholine rings is 1. The first kappa shape index (κ1) is 22.0. The zero-order chi connectivity index (χ0) is 18.7. The van der Waals surface area contributed by atoms with Gasteiger partial charge in [-0.05, 0) is 31.0 Å². The van der Waals surface area contributed by atoms with Crippen molar-refractivity contribution in [2.24, 2.45) is 5.73 Å². The zero-order valence-corrected chi connectivity index (χ0v) is 16.2. The summed E-state index contributed by atoms with van der Waals surface area (Å²) in [6, 6.07) is 3.48. The topological polar surface area (TPSA) is 111 Å². The van der Waals surface area contributed by atoms with E-state index in [-0.39, 0.29) is 50.5 Å². The molecule has 0 radical (unpaired) electrons. The van der Waals surface area contributed by atoms with Crippen molar-refractivity contribution in [2.75, 3.05) is 38.2 Å². The number of halogens is 2. The first-order valence-corrected chi connectivity index (χ1v) is 9.89. The molecule has 1 aromatic rings. The molecule has 152 valence electrons. The van der Waals surface area contributed by atoms with E-state index in [2.05, 4.69) is 5.32 Å². The van der Waals surface area contributed by atoms with Crippen LogP contribution in [0.5, 0.6) is 0 Å². The van der Waals surface area contributed by atoms with Gasteiger partial charge in [0.1, 0.15) is 16.8 Å². The number of benzene rings is 1. The van der Waals surface area contributed by atoms with Gasteiger partial charge in [-0.1, -0.05) is 0 Å². The third-order valence-corrected chi connectivity index (χ3v) is 6.36. The summed E-state index contributed by atoms with van der Waals surface area (Å²) >= 11 is 0. The Morgan fingerprint density at radius 3 is 2.63 bits per heavy atom. The van der Waals surface area contributed by atoms with Crippen molar-refractivity contribution in [1.29, 1.82) is 0 Å². The molecule has 3 rings (SSSR count). The summed E-state index contributed by atoms with van der Waals surface area (Å²) in [4.78, 5) is 11.8. The van der Waals surface area contributed by atoms with Crippen molar-refractivity contribution < 1.29 is 27.1 Å². The molecule has 3 N–H and O–H groups in total. The number of nitrogens with two attached hydrogens (primary N) is 1. The van der Waals surface area contributed by atoms with E-state index in [0.29, 0.717) is 19.4 Å². The van der Waals surface area contributed by atoms with Crippen LogP contribution in [-0.4, -0.2) is 63.7 Å². The third kappa shape index (κ3) is 4.95. The summed E-state index contributed by atoms with van der Waals surface area (Å²) < 4.78 is 51.3. The summed E-state index contributed by atoms with van der Waals surface area (Å²) in [5, 5.41) is 2.59. The number of sulfonamides is 1. The first-order chi connectivity index (χ1) is 12.4. The Hall–Kier alpha value is -1.30. The molecule has 0 spiro atoms. The number of nitrogens with zero attached hydrogens (tertiary/aromatic N) is 1. The van der Waals surface area contributed by atoms with Crippen LogP contribution >= 0.6 is 12.4 Å². The lowest BCUT2D eigenvalue weighted by Crippen LogP contribution is -2.41. The van der Waals surface area contributed by atoms with Gasteiger partial charge in [-0.3, -0.25) is 4.79 Å². The number of nitrogens with one attached hydrogen (secondary N) is 1. The van der Waals surface area contributed by atoms with Crippen molar-refractivity contribution in [2.45, 2.75) is 29.9 Å². The molecule has 11 heteroatoms. The van der Waals surface area contributed by atoms with Gasteiger partial charge in [-0.25, -0.2) is 12.8 Å². The molecule has 0 saturated carbocycles. The van der Waals surface area contributed by atoms with E-state index in [1.54, 1.807) is 0 Å². The van der Waals surface area contributed by atoms with Gasteiger partial charge in [0.2, 0.25) is 10.0 Å². The normalized spacial score (nSPS) is 23.6. The highest BCUT2D eigenvalue weighted by Gasteiger charge is 2.31. The highest BCUT2D eigenvalue weighted by Crippen LogP contribution is 2.25. The fraction of sp³-hybridized carbons (Fsp3) is 0.562. The lowest BCUT2D eigenvalue weighted by atomic mass is 10.2. The quantitative estimate of drug-likeness (QED) is 0.721. The molecule has 0 aromatic heterocycles. The number of carbonyl (C=O) groups excluding carboxylic acids is 1. The minimum atomic E-state index is -4.00. The Kier molecular flexibility index (Phi) is 7.55. The predicted octanol–water partition coefficient (Wildman–Crippen LogP) is 0.713. The van der Waals surface area contributed by atoms with Crippen molar-refractivity contribution in [1.82, 2.24) is 4.31 Å². The maximum Gasteiger partial charge on any atom is 0.253 e. The minimum absolute atomic E-state index is 0. The second kappa shape index (κ2) is 9.26. The lowest BCUT2D eigenvalue weighted by Gasteiger charge is -2.26. The van der Waals surface area contributed by atoms with Crippen LogP contribution in [-0.2, 0) is 24.3 Å². The average Bonchev–Trinajstić information content (AvgIpc) is 3.13. The molecular formula is C16H23ClFN3O5S. The highest BCUT2D eigenvalue weighted by atomic mass is 35.5. The molecular weight excluding hydrogens is 401 g/mol. The van der Waals surface area contributed by atoms with Crippen LogP contribution in [0, 0.1) is 5.82 Å². The van der Waals surface area contributed by atoms with Gasteiger partial charge in [-0.2, -0.15) is 4.31 Å². The number of ether oxygens (including phenoxy) is 2. The van der Waals surface area contributed by atoms with Crippen LogP contribution in [0.3, 0.4) is 0 Å². The minimum Gasteiger partial charge on any atom is -0.379 e. The zero-order valence-electron chi connectivity index (χ0n) is 14.6. The number of anilines is 1. The fourth-order valence-electron chi connectivity index (χ4n) is 3.00. The van der Waals surface area contributed by atoms with Crippen LogP contribution < -0.4 is 11.1 Å². The molecule has 2 fully saturated rings. The molecule has 2 saturated heterocycles. The summed E-state index contributed by atoms with van der Waals surface area (Å²) in [5.74, 6) is -1.27. The van der Waals surface area contributed by atoms with Crippen molar-refractivity contribution in [3.8, 4) is 0 Å². The molecule has 2 atom stereocenters. The van der Waals surface area contributed by atoms with Crippen LogP contribution in [0.1, 0.15) is 12.8 Å². The molecule has 1 amide bonds. The van der Waals surface area contributed by atoms with E-state index in [9.17, 15) is 17.6 Å². The molecule has 2 aliphatic rings. The van der Waals surface area contributed by atoms with Gasteiger partial charge in [0.25, 0.3) is 5.91 Å². The SMILES string of the molecule is Cl.NC[C@H]1CC[C@@H](C(=O)Nc2ccc(F)c(S(=O)(=O)N3CCOCC3)c2)O1. The third-order valence-electron chi connectivity index (χ3n) is 4.45. The van der Waals surface area contributed by atoms with Crippen molar-refractivity contribution in [3.63, 3.8) is 0 Å². The largest absolute Gasteiger partial charge is 0.379 e. The first-order valence-electron chi connectivity index (χ1n) is 8.45. The second-order valence-electron chi connectivity index (χ2n) is 6.21. The average molecular weight is 424 g/mol. The van der Waals surface area contributed by atoms with E-state index in [1.165, 1.54) is 10.4 Å². The van der Waals surface area contributed by atoms with Crippen molar-refractivity contribution >= 4 is 34.0 Å². The van der Waals surface area contributed by atoms with Gasteiger partial charge in [0.05, 0.1) is 19.3 Å². The predicted molar refractivity (Wildman–Crippen MR) is 98.8 cm³/mol. The molecule has 1 aromatic carbocycles. The maximum atomic E-state index is 14.2. The summed E-state index contributed by atoms with van der Waals surface area (Å²) in [6.45, 7) is 1.18. The molecule has 2 aliphatic heterocycles. The van der Waals surface area contributed by atoms with Crippen LogP contribution in [0.2, 0.25) is 0 Å². The lowest BCUT2D eigenvalue weighted by molar-refractivity contribution is -0.126. The van der Waals surface area contributed by atoms with E-state index in [1.807, 2.05) is 0 Å². The Balaban J connectivity index is 0.00000261. The number of rotatable bonds is 5. The Bertz CT molecular complexity index is 773. The molecule has 27 heavy (non-hydrogen) atoms. The standard InChI is InChI=1S/C16H22FN3O5S.ClH/c17-13-3-1-11(19-16(21)14-4-2-12(10-18)25-14)9-15(13)26(22,23)20-5-7-24-8-6-20;/h1,3,9,12,14H,2,4-8,10,18H2,(H,19,21);1H/t12-,14+;/m1./s1. The van der Waals surface area contributed by atoms with Crippen LogP contribution in [0.25, 0.3) is 0 Å². The van der Waals surface area contributed by atoms with E-state index in [0.717, 1.165) is 12.1 Å². The fourth-order valence-corrected chi connectivity index (χ4v) is 4.50. The van der Waals surface area contributed by atoms with E-state index < -0.39 is 32.7 Å². The molecule has 0 unspecified atom stereocenters. The Morgan fingerprint density at radius 2 is 2.00 bits per heavy atom. The van der Waals surface area contributed by atoms with Gasteiger partial charge < -0.3 is 20.5 Å².